The highest BCUT2D eigenvalue weighted by Crippen LogP contribution is 2.18. The Morgan fingerprint density at radius 3 is 2.48 bits per heavy atom. The number of nitrogens with zero attached hydrogens (tertiary/aromatic N) is 1. The molecule has 0 fully saturated rings. The Hall–Kier alpha value is -1.39. The van der Waals surface area contributed by atoms with Gasteiger partial charge in [-0.2, -0.15) is 0 Å². The topological polar surface area (TPSA) is 34.1 Å². The van der Waals surface area contributed by atoms with Gasteiger partial charge in [0.1, 0.15) is 5.75 Å². The van der Waals surface area contributed by atoms with Crippen molar-refractivity contribution in [3.8, 4) is 5.75 Å². The molecule has 1 unspecified atom stereocenters. The summed E-state index contributed by atoms with van der Waals surface area (Å²) in [5.41, 5.74) is 2.59. The van der Waals surface area contributed by atoms with Gasteiger partial charge >= 0.3 is 0 Å². The predicted octanol–water partition coefficient (Wildman–Crippen LogP) is 3.47. The summed E-state index contributed by atoms with van der Waals surface area (Å²) in [5, 5.41) is 3.29. The minimum Gasteiger partial charge on any atom is -0.497 e. The van der Waals surface area contributed by atoms with Crippen molar-refractivity contribution in [2.75, 3.05) is 20.7 Å². The second kappa shape index (κ2) is 8.15. The summed E-state index contributed by atoms with van der Waals surface area (Å²) in [4.78, 5) is 4.24. The van der Waals surface area contributed by atoms with Gasteiger partial charge in [-0.15, -0.1) is 0 Å². The standard InChI is InChI=1S/C17H21BrN2O/c1-19-10-14(8-15-9-16(18)12-20-11-15)7-13-3-5-17(21-2)6-4-13/h3-6,9,11-12,14,19H,7-8,10H2,1-2H3. The van der Waals surface area contributed by atoms with E-state index in [4.69, 9.17) is 4.74 Å². The van der Waals surface area contributed by atoms with Crippen LogP contribution in [0.4, 0.5) is 0 Å². The van der Waals surface area contributed by atoms with E-state index < -0.39 is 0 Å². The average Bonchev–Trinajstić information content (AvgIpc) is 2.48. The van der Waals surface area contributed by atoms with Crippen molar-refractivity contribution in [3.63, 3.8) is 0 Å². The lowest BCUT2D eigenvalue weighted by molar-refractivity contribution is 0.414. The molecule has 1 aromatic heterocycles. The quantitative estimate of drug-likeness (QED) is 0.831. The Morgan fingerprint density at radius 2 is 1.86 bits per heavy atom. The molecule has 0 saturated carbocycles. The third kappa shape index (κ3) is 5.14. The van der Waals surface area contributed by atoms with Crippen LogP contribution in [0.25, 0.3) is 0 Å². The summed E-state index contributed by atoms with van der Waals surface area (Å²) in [6.07, 6.45) is 5.82. The molecule has 112 valence electrons. The molecule has 1 atom stereocenters. The molecule has 0 aliphatic carbocycles. The van der Waals surface area contributed by atoms with Gasteiger partial charge in [0.2, 0.25) is 0 Å². The number of halogens is 1. The van der Waals surface area contributed by atoms with Crippen LogP contribution in [0.3, 0.4) is 0 Å². The normalized spacial score (nSPS) is 12.1. The van der Waals surface area contributed by atoms with Crippen LogP contribution >= 0.6 is 15.9 Å². The van der Waals surface area contributed by atoms with Crippen LogP contribution in [0.2, 0.25) is 0 Å². The lowest BCUT2D eigenvalue weighted by Crippen LogP contribution is -2.22. The van der Waals surface area contributed by atoms with Crippen molar-refractivity contribution in [3.05, 3.63) is 58.3 Å². The second-order valence-electron chi connectivity index (χ2n) is 5.19. The van der Waals surface area contributed by atoms with E-state index in [0.29, 0.717) is 5.92 Å². The van der Waals surface area contributed by atoms with E-state index >= 15 is 0 Å². The summed E-state index contributed by atoms with van der Waals surface area (Å²) in [6.45, 7) is 0.985. The molecule has 1 N–H and O–H groups in total. The van der Waals surface area contributed by atoms with Crippen LogP contribution < -0.4 is 10.1 Å². The monoisotopic (exact) mass is 348 g/mol. The average molecular weight is 349 g/mol. The zero-order valence-corrected chi connectivity index (χ0v) is 14.1. The van der Waals surface area contributed by atoms with Crippen molar-refractivity contribution in [1.82, 2.24) is 10.3 Å². The largest absolute Gasteiger partial charge is 0.497 e. The second-order valence-corrected chi connectivity index (χ2v) is 6.11. The number of hydrogen-bond acceptors (Lipinski definition) is 3. The minimum absolute atomic E-state index is 0.541. The van der Waals surface area contributed by atoms with Crippen LogP contribution in [0.5, 0.6) is 5.75 Å². The molecule has 0 bridgehead atoms. The molecule has 3 nitrogen and oxygen atoms in total. The van der Waals surface area contributed by atoms with Gasteiger partial charge in [0.25, 0.3) is 0 Å². The number of nitrogens with one attached hydrogen (secondary N) is 1. The first kappa shape index (κ1) is 16.0. The maximum Gasteiger partial charge on any atom is 0.118 e. The molecule has 21 heavy (non-hydrogen) atoms. The van der Waals surface area contributed by atoms with Gasteiger partial charge in [-0.25, -0.2) is 0 Å². The number of rotatable bonds is 7. The third-order valence-electron chi connectivity index (χ3n) is 3.46. The molecule has 0 aliphatic rings. The molecule has 2 aromatic rings. The highest BCUT2D eigenvalue weighted by molar-refractivity contribution is 9.10. The molecule has 0 aliphatic heterocycles. The predicted molar refractivity (Wildman–Crippen MR) is 89.8 cm³/mol. The van der Waals surface area contributed by atoms with Gasteiger partial charge in [0.05, 0.1) is 7.11 Å². The minimum atomic E-state index is 0.541. The van der Waals surface area contributed by atoms with E-state index in [1.54, 1.807) is 7.11 Å². The molecule has 1 heterocycles. The molecule has 4 heteroatoms. The third-order valence-corrected chi connectivity index (χ3v) is 3.90. The van der Waals surface area contributed by atoms with Gasteiger partial charge in [0.15, 0.2) is 0 Å². The molecular formula is C17H21BrN2O. The molecule has 2 rings (SSSR count). The Bertz CT molecular complexity index is 557. The Labute approximate surface area is 134 Å². The molecule has 1 aromatic carbocycles. The van der Waals surface area contributed by atoms with Crippen molar-refractivity contribution in [2.24, 2.45) is 5.92 Å². The summed E-state index contributed by atoms with van der Waals surface area (Å²) < 4.78 is 6.24. The van der Waals surface area contributed by atoms with Gasteiger partial charge < -0.3 is 10.1 Å². The van der Waals surface area contributed by atoms with Gasteiger partial charge in [0, 0.05) is 16.9 Å². The fourth-order valence-corrected chi connectivity index (χ4v) is 2.91. The van der Waals surface area contributed by atoms with Crippen LogP contribution in [0.1, 0.15) is 11.1 Å². The van der Waals surface area contributed by atoms with E-state index in [2.05, 4.69) is 44.4 Å². The first-order valence-electron chi connectivity index (χ1n) is 7.08. The van der Waals surface area contributed by atoms with Gasteiger partial charge in [-0.3, -0.25) is 4.98 Å². The lowest BCUT2D eigenvalue weighted by atomic mass is 9.93. The summed E-state index contributed by atoms with van der Waals surface area (Å²) in [7, 11) is 3.69. The van der Waals surface area contributed by atoms with E-state index in [1.807, 2.05) is 31.6 Å². The fourth-order valence-electron chi connectivity index (χ4n) is 2.50. The number of methoxy groups -OCH3 is 1. The molecular weight excluding hydrogens is 328 g/mol. The first-order valence-corrected chi connectivity index (χ1v) is 7.87. The molecule has 0 spiro atoms. The Balaban J connectivity index is 2.04. The maximum atomic E-state index is 5.20. The molecule has 0 radical (unpaired) electrons. The highest BCUT2D eigenvalue weighted by Gasteiger charge is 2.11. The first-order chi connectivity index (χ1) is 10.2. The fraction of sp³-hybridized carbons (Fsp3) is 0.353. The highest BCUT2D eigenvalue weighted by atomic mass is 79.9. The zero-order valence-electron chi connectivity index (χ0n) is 12.5. The number of pyridine rings is 1. The van der Waals surface area contributed by atoms with Crippen molar-refractivity contribution in [2.45, 2.75) is 12.8 Å². The SMILES string of the molecule is CNCC(Cc1ccc(OC)cc1)Cc1cncc(Br)c1. The molecule has 0 amide bonds. The van der Waals surface area contributed by atoms with Gasteiger partial charge in [-0.1, -0.05) is 12.1 Å². The Kier molecular flexibility index (Phi) is 6.21. The van der Waals surface area contributed by atoms with Crippen molar-refractivity contribution in [1.29, 1.82) is 0 Å². The van der Waals surface area contributed by atoms with E-state index in [9.17, 15) is 0 Å². The lowest BCUT2D eigenvalue weighted by Gasteiger charge is -2.17. The van der Waals surface area contributed by atoms with Crippen LogP contribution in [-0.2, 0) is 12.8 Å². The number of ether oxygens (including phenoxy) is 1. The summed E-state index contributed by atoms with van der Waals surface area (Å²) >= 11 is 3.48. The van der Waals surface area contributed by atoms with Crippen molar-refractivity contribution < 1.29 is 4.74 Å². The molecule has 0 saturated heterocycles. The Morgan fingerprint density at radius 1 is 1.14 bits per heavy atom. The zero-order chi connectivity index (χ0) is 15.1. The van der Waals surface area contributed by atoms with Crippen LogP contribution in [-0.4, -0.2) is 25.7 Å². The summed E-state index contributed by atoms with van der Waals surface area (Å²) in [6, 6.07) is 10.5. The summed E-state index contributed by atoms with van der Waals surface area (Å²) in [5.74, 6) is 1.44. The van der Waals surface area contributed by atoms with E-state index in [1.165, 1.54) is 11.1 Å². The van der Waals surface area contributed by atoms with Gasteiger partial charge in [-0.05, 0) is 77.6 Å². The smallest absolute Gasteiger partial charge is 0.118 e. The number of aromatic nitrogens is 1. The van der Waals surface area contributed by atoms with E-state index in [0.717, 1.165) is 29.6 Å². The van der Waals surface area contributed by atoms with Crippen LogP contribution in [0, 0.1) is 5.92 Å². The maximum absolute atomic E-state index is 5.20. The number of hydrogen-bond donors (Lipinski definition) is 1. The van der Waals surface area contributed by atoms with Crippen LogP contribution in [0.15, 0.2) is 47.2 Å². The van der Waals surface area contributed by atoms with E-state index in [-0.39, 0.29) is 0 Å². The number of benzene rings is 1. The van der Waals surface area contributed by atoms with Crippen molar-refractivity contribution >= 4 is 15.9 Å².